The molecule has 2 aliphatic carbocycles. The molecule has 0 N–H and O–H groups in total. The average molecular weight is 511 g/mol. The van der Waals surface area contributed by atoms with E-state index >= 15 is 0 Å². The van der Waals surface area contributed by atoms with Gasteiger partial charge in [-0.3, -0.25) is 8.89 Å². The average Bonchev–Trinajstić information content (AvgIpc) is 3.21. The minimum atomic E-state index is -4.43. The first-order valence-electron chi connectivity index (χ1n) is 12.7. The predicted octanol–water partition coefficient (Wildman–Crippen LogP) is 5.81. The molecular weight excluding hydrogens is 473 g/mol. The van der Waals surface area contributed by atoms with Gasteiger partial charge in [-0.15, -0.1) is 0 Å². The molecule has 194 valence electrons. The molecule has 2 saturated carbocycles. The van der Waals surface area contributed by atoms with Gasteiger partial charge < -0.3 is 4.90 Å². The number of alkyl halides is 3. The van der Waals surface area contributed by atoms with Crippen LogP contribution in [0.15, 0.2) is 30.5 Å². The van der Waals surface area contributed by atoms with Gasteiger partial charge in [0.15, 0.2) is 0 Å². The first kappa shape index (κ1) is 26.3. The second-order valence-corrected chi connectivity index (χ2v) is 12.2. The smallest absolute Gasteiger partial charge is 0.300 e. The standard InChI is InChI=1S/C14H25NOS.C12H12F3N3/c1-17(16)6-4-11-3-2-5-15(10-11)14-8-12-7-13(12)9-14;1-8(2)18-7-6-10(17-18)9-4-3-5-11(16-9)12(13,14)15/h11-14H,2-10H2,1H3;3-8H,1-2H3. The summed E-state index contributed by atoms with van der Waals surface area (Å²) in [6.07, 6.45) is 7.54. The van der Waals surface area contributed by atoms with Gasteiger partial charge in [-0.2, -0.15) is 18.3 Å². The van der Waals surface area contributed by atoms with Crippen molar-refractivity contribution in [3.8, 4) is 11.4 Å². The fourth-order valence-electron chi connectivity index (χ4n) is 5.48. The van der Waals surface area contributed by atoms with E-state index in [0.717, 1.165) is 35.6 Å². The Morgan fingerprint density at radius 2 is 1.86 bits per heavy atom. The van der Waals surface area contributed by atoms with Crippen LogP contribution in [0.5, 0.6) is 0 Å². The molecule has 0 radical (unpaired) electrons. The number of nitrogens with zero attached hydrogens (tertiary/aromatic N) is 4. The fourth-order valence-corrected chi connectivity index (χ4v) is 6.14. The Bertz CT molecular complexity index is 998. The zero-order valence-corrected chi connectivity index (χ0v) is 21.7. The van der Waals surface area contributed by atoms with Crippen LogP contribution >= 0.6 is 0 Å². The summed E-state index contributed by atoms with van der Waals surface area (Å²) in [5.74, 6) is 3.94. The van der Waals surface area contributed by atoms with Gasteiger partial charge in [0, 0.05) is 47.6 Å². The maximum Gasteiger partial charge on any atom is 0.433 e. The molecule has 0 spiro atoms. The summed E-state index contributed by atoms with van der Waals surface area (Å²) in [7, 11) is -0.598. The molecule has 35 heavy (non-hydrogen) atoms. The number of piperidine rings is 1. The van der Waals surface area contributed by atoms with Gasteiger partial charge in [-0.25, -0.2) is 4.98 Å². The molecular formula is C26H37F3N4OS. The van der Waals surface area contributed by atoms with E-state index in [-0.39, 0.29) is 11.7 Å². The van der Waals surface area contributed by atoms with Gasteiger partial charge >= 0.3 is 6.18 Å². The van der Waals surface area contributed by atoms with E-state index in [2.05, 4.69) is 15.0 Å². The monoisotopic (exact) mass is 510 g/mol. The van der Waals surface area contributed by atoms with Crippen LogP contribution in [0, 0.1) is 17.8 Å². The lowest BCUT2D eigenvalue weighted by molar-refractivity contribution is -0.141. The number of likely N-dealkylation sites (tertiary alicyclic amines) is 1. The van der Waals surface area contributed by atoms with Gasteiger partial charge in [0.05, 0.1) is 5.69 Å². The topological polar surface area (TPSA) is 51.0 Å². The molecule has 5 rings (SSSR count). The normalized spacial score (nSPS) is 27.3. The van der Waals surface area contributed by atoms with Crippen molar-refractivity contribution in [3.63, 3.8) is 0 Å². The van der Waals surface area contributed by atoms with Crippen LogP contribution < -0.4 is 0 Å². The number of hydrogen-bond donors (Lipinski definition) is 0. The lowest BCUT2D eigenvalue weighted by Gasteiger charge is -2.37. The Morgan fingerprint density at radius 1 is 1.11 bits per heavy atom. The summed E-state index contributed by atoms with van der Waals surface area (Å²) < 4.78 is 50.4. The predicted molar refractivity (Wildman–Crippen MR) is 133 cm³/mol. The van der Waals surface area contributed by atoms with Gasteiger partial charge in [0.25, 0.3) is 0 Å². The summed E-state index contributed by atoms with van der Waals surface area (Å²) in [5.41, 5.74) is -0.238. The highest BCUT2D eigenvalue weighted by Crippen LogP contribution is 2.53. The van der Waals surface area contributed by atoms with E-state index in [1.807, 2.05) is 20.1 Å². The highest BCUT2D eigenvalue weighted by Gasteiger charge is 2.47. The molecule has 4 unspecified atom stereocenters. The lowest BCUT2D eigenvalue weighted by atomic mass is 9.93. The van der Waals surface area contributed by atoms with E-state index < -0.39 is 22.7 Å². The second-order valence-electron chi connectivity index (χ2n) is 10.6. The number of halogens is 3. The molecule has 3 heterocycles. The molecule has 4 atom stereocenters. The number of fused-ring (bicyclic) bond motifs is 1. The fraction of sp³-hybridized carbons (Fsp3) is 0.692. The van der Waals surface area contributed by atoms with Crippen LogP contribution in [0.25, 0.3) is 11.4 Å². The molecule has 3 fully saturated rings. The van der Waals surface area contributed by atoms with Crippen molar-refractivity contribution in [2.75, 3.05) is 25.1 Å². The third-order valence-electron chi connectivity index (χ3n) is 7.54. The zero-order chi connectivity index (χ0) is 25.2. The number of hydrogen-bond acceptors (Lipinski definition) is 4. The van der Waals surface area contributed by atoms with Crippen molar-refractivity contribution in [2.45, 2.75) is 70.6 Å². The Hall–Kier alpha value is -1.74. The number of pyridine rings is 1. The van der Waals surface area contributed by atoms with Gasteiger partial charge in [0.2, 0.25) is 0 Å². The van der Waals surface area contributed by atoms with Crippen molar-refractivity contribution in [2.24, 2.45) is 17.8 Å². The molecule has 1 saturated heterocycles. The summed E-state index contributed by atoms with van der Waals surface area (Å²) in [6.45, 7) is 6.50. The van der Waals surface area contributed by atoms with Gasteiger partial charge in [-0.05, 0) is 94.9 Å². The van der Waals surface area contributed by atoms with Crippen LogP contribution in [-0.2, 0) is 17.0 Å². The third kappa shape index (κ3) is 7.15. The van der Waals surface area contributed by atoms with E-state index in [1.54, 1.807) is 16.9 Å². The van der Waals surface area contributed by atoms with Crippen molar-refractivity contribution in [1.29, 1.82) is 0 Å². The zero-order valence-electron chi connectivity index (χ0n) is 20.9. The Kier molecular flexibility index (Phi) is 8.36. The Balaban J connectivity index is 0.000000165. The third-order valence-corrected chi connectivity index (χ3v) is 8.35. The van der Waals surface area contributed by atoms with Crippen molar-refractivity contribution < 1.29 is 17.4 Å². The van der Waals surface area contributed by atoms with E-state index in [9.17, 15) is 17.4 Å². The maximum absolute atomic E-state index is 12.5. The van der Waals surface area contributed by atoms with Crippen molar-refractivity contribution in [1.82, 2.24) is 19.7 Å². The SMILES string of the molecule is CC(C)n1ccc(-c2cccc(C(F)(F)F)n2)n1.CS(=O)CCC1CCCN(C2CC3CC3C2)C1. The molecule has 9 heteroatoms. The minimum absolute atomic E-state index is 0.157. The summed E-state index contributed by atoms with van der Waals surface area (Å²) in [4.78, 5) is 6.35. The van der Waals surface area contributed by atoms with Crippen LogP contribution in [0.2, 0.25) is 0 Å². The molecule has 0 amide bonds. The van der Waals surface area contributed by atoms with Crippen LogP contribution in [0.4, 0.5) is 13.2 Å². The molecule has 2 aromatic heterocycles. The van der Waals surface area contributed by atoms with Gasteiger partial charge in [-0.1, -0.05) is 6.07 Å². The first-order chi connectivity index (χ1) is 16.6. The quantitative estimate of drug-likeness (QED) is 0.492. The molecule has 0 bridgehead atoms. The second kappa shape index (κ2) is 11.1. The molecule has 5 nitrogen and oxygen atoms in total. The van der Waals surface area contributed by atoms with Crippen molar-refractivity contribution in [3.05, 3.63) is 36.2 Å². The van der Waals surface area contributed by atoms with E-state index in [1.165, 1.54) is 63.7 Å². The van der Waals surface area contributed by atoms with Gasteiger partial charge in [0.1, 0.15) is 11.4 Å². The Morgan fingerprint density at radius 3 is 2.49 bits per heavy atom. The van der Waals surface area contributed by atoms with E-state index in [0.29, 0.717) is 5.69 Å². The summed E-state index contributed by atoms with van der Waals surface area (Å²) >= 11 is 0. The van der Waals surface area contributed by atoms with Crippen LogP contribution in [0.3, 0.4) is 0 Å². The first-order valence-corrected chi connectivity index (χ1v) is 14.5. The molecule has 1 aliphatic heterocycles. The number of aromatic nitrogens is 3. The Labute approximate surface area is 209 Å². The van der Waals surface area contributed by atoms with E-state index in [4.69, 9.17) is 0 Å². The van der Waals surface area contributed by atoms with Crippen LogP contribution in [0.1, 0.15) is 64.1 Å². The largest absolute Gasteiger partial charge is 0.433 e. The maximum atomic E-state index is 12.5. The van der Waals surface area contributed by atoms with Crippen molar-refractivity contribution >= 4 is 10.8 Å². The summed E-state index contributed by atoms with van der Waals surface area (Å²) in [6, 6.07) is 6.52. The number of rotatable bonds is 6. The lowest BCUT2D eigenvalue weighted by Crippen LogP contribution is -2.42. The molecule has 3 aliphatic rings. The minimum Gasteiger partial charge on any atom is -0.300 e. The molecule has 2 aromatic rings. The highest BCUT2D eigenvalue weighted by molar-refractivity contribution is 7.84. The highest BCUT2D eigenvalue weighted by atomic mass is 32.2. The summed E-state index contributed by atoms with van der Waals surface area (Å²) in [5, 5.41) is 4.19. The molecule has 0 aromatic carbocycles. The van der Waals surface area contributed by atoms with Crippen LogP contribution in [-0.4, -0.2) is 55.0 Å².